The lowest BCUT2D eigenvalue weighted by molar-refractivity contribution is 0.126. The average Bonchev–Trinajstić information content (AvgIpc) is 3.18. The van der Waals surface area contributed by atoms with Crippen LogP contribution in [0.3, 0.4) is 0 Å². The van der Waals surface area contributed by atoms with Crippen LogP contribution in [0.15, 0.2) is 65.8 Å². The molecular weight excluding hydrogens is 384 g/mol. The Kier molecular flexibility index (Phi) is 5.78. The third-order valence-electron chi connectivity index (χ3n) is 4.66. The van der Waals surface area contributed by atoms with Gasteiger partial charge in [-0.1, -0.05) is 60.3 Å². The zero-order valence-corrected chi connectivity index (χ0v) is 17.1. The number of aliphatic hydroxyl groups is 1. The quantitative estimate of drug-likeness (QED) is 0.468. The van der Waals surface area contributed by atoms with E-state index in [4.69, 9.17) is 4.74 Å². The first-order valence-corrected chi connectivity index (χ1v) is 10.4. The van der Waals surface area contributed by atoms with Gasteiger partial charge in [-0.25, -0.2) is 0 Å². The maximum absolute atomic E-state index is 10.4. The van der Waals surface area contributed by atoms with E-state index in [1.165, 1.54) is 11.8 Å². The van der Waals surface area contributed by atoms with Crippen molar-refractivity contribution in [3.05, 3.63) is 71.8 Å². The van der Waals surface area contributed by atoms with E-state index in [2.05, 4.69) is 21.6 Å². The molecule has 0 aliphatic carbocycles. The summed E-state index contributed by atoms with van der Waals surface area (Å²) in [6.07, 6.45) is -0.644. The van der Waals surface area contributed by atoms with Gasteiger partial charge in [0, 0.05) is 5.75 Å². The first kappa shape index (κ1) is 19.4. The van der Waals surface area contributed by atoms with Gasteiger partial charge in [0.2, 0.25) is 5.16 Å². The highest BCUT2D eigenvalue weighted by Crippen LogP contribution is 2.24. The first-order chi connectivity index (χ1) is 14.1. The van der Waals surface area contributed by atoms with Crippen LogP contribution in [0, 0.1) is 13.8 Å². The number of benzene rings is 3. The number of rotatable bonds is 7. The fourth-order valence-corrected chi connectivity index (χ4v) is 4.00. The number of para-hydroxylation sites is 1. The first-order valence-electron chi connectivity index (χ1n) is 9.39. The zero-order valence-electron chi connectivity index (χ0n) is 16.3. The van der Waals surface area contributed by atoms with Crippen molar-refractivity contribution in [3.63, 3.8) is 0 Å². The molecule has 0 aliphatic rings. The van der Waals surface area contributed by atoms with Crippen LogP contribution >= 0.6 is 11.8 Å². The number of nitrogens with zero attached hydrogens (tertiary/aromatic N) is 4. The largest absolute Gasteiger partial charge is 0.491 e. The van der Waals surface area contributed by atoms with E-state index < -0.39 is 6.10 Å². The van der Waals surface area contributed by atoms with E-state index in [9.17, 15) is 5.11 Å². The minimum Gasteiger partial charge on any atom is -0.491 e. The minimum atomic E-state index is -0.644. The van der Waals surface area contributed by atoms with Gasteiger partial charge in [-0.15, -0.1) is 5.10 Å². The SMILES string of the molecule is Cc1cccc(C)c1-n1nnnc1SCC(O)COc1ccc2ccccc2c1. The smallest absolute Gasteiger partial charge is 0.214 e. The number of aromatic nitrogens is 4. The molecule has 29 heavy (non-hydrogen) atoms. The van der Waals surface area contributed by atoms with Gasteiger partial charge in [-0.3, -0.25) is 0 Å². The van der Waals surface area contributed by atoms with Crippen molar-refractivity contribution in [1.82, 2.24) is 20.2 Å². The molecule has 3 aromatic carbocycles. The fourth-order valence-electron chi connectivity index (χ4n) is 3.22. The van der Waals surface area contributed by atoms with Crippen molar-refractivity contribution in [2.75, 3.05) is 12.4 Å². The Hall–Kier alpha value is -2.90. The van der Waals surface area contributed by atoms with Crippen molar-refractivity contribution < 1.29 is 9.84 Å². The fraction of sp³-hybridized carbons (Fsp3) is 0.227. The standard InChI is InChI=1S/C22H22N4O2S/c1-15-6-5-7-16(2)21(15)26-22(23-24-25-26)29-14-19(27)13-28-20-11-10-17-8-3-4-9-18(17)12-20/h3-12,19,27H,13-14H2,1-2H3. The molecule has 1 N–H and O–H groups in total. The lowest BCUT2D eigenvalue weighted by Gasteiger charge is -2.13. The van der Waals surface area contributed by atoms with Crippen LogP contribution in [0.2, 0.25) is 0 Å². The van der Waals surface area contributed by atoms with E-state index in [0.717, 1.165) is 33.3 Å². The van der Waals surface area contributed by atoms with Crippen molar-refractivity contribution in [3.8, 4) is 11.4 Å². The topological polar surface area (TPSA) is 73.1 Å². The maximum Gasteiger partial charge on any atom is 0.214 e. The molecule has 7 heteroatoms. The number of hydrogen-bond donors (Lipinski definition) is 1. The van der Waals surface area contributed by atoms with Gasteiger partial charge in [-0.2, -0.15) is 4.68 Å². The van der Waals surface area contributed by atoms with Crippen molar-refractivity contribution >= 4 is 22.5 Å². The van der Waals surface area contributed by atoms with E-state index in [1.54, 1.807) is 4.68 Å². The van der Waals surface area contributed by atoms with Gasteiger partial charge >= 0.3 is 0 Å². The van der Waals surface area contributed by atoms with E-state index in [0.29, 0.717) is 10.9 Å². The predicted molar refractivity (Wildman–Crippen MR) is 115 cm³/mol. The minimum absolute atomic E-state index is 0.205. The lowest BCUT2D eigenvalue weighted by atomic mass is 10.1. The molecule has 0 saturated carbocycles. The summed E-state index contributed by atoms with van der Waals surface area (Å²) in [6.45, 7) is 4.27. The molecule has 0 bridgehead atoms. The summed E-state index contributed by atoms with van der Waals surface area (Å²) in [4.78, 5) is 0. The molecule has 0 fully saturated rings. The summed E-state index contributed by atoms with van der Waals surface area (Å²) in [7, 11) is 0. The van der Waals surface area contributed by atoms with Crippen LogP contribution in [-0.4, -0.2) is 43.8 Å². The second-order valence-electron chi connectivity index (χ2n) is 6.90. The lowest BCUT2D eigenvalue weighted by Crippen LogP contribution is -2.20. The molecule has 6 nitrogen and oxygen atoms in total. The zero-order chi connectivity index (χ0) is 20.2. The summed E-state index contributed by atoms with van der Waals surface area (Å²) < 4.78 is 7.51. The van der Waals surface area contributed by atoms with Gasteiger partial charge in [0.25, 0.3) is 0 Å². The molecule has 4 aromatic rings. The van der Waals surface area contributed by atoms with Crippen LogP contribution in [0.5, 0.6) is 5.75 Å². The molecule has 0 spiro atoms. The van der Waals surface area contributed by atoms with E-state index in [1.807, 2.05) is 68.4 Å². The Balaban J connectivity index is 1.38. The molecule has 1 aromatic heterocycles. The Morgan fingerprint density at radius 2 is 1.76 bits per heavy atom. The predicted octanol–water partition coefficient (Wildman–Crippen LogP) is 3.96. The summed E-state index contributed by atoms with van der Waals surface area (Å²) in [5.41, 5.74) is 3.17. The highest BCUT2D eigenvalue weighted by atomic mass is 32.2. The third-order valence-corrected chi connectivity index (χ3v) is 5.72. The molecule has 1 unspecified atom stereocenters. The van der Waals surface area contributed by atoms with Gasteiger partial charge in [0.05, 0.1) is 11.8 Å². The van der Waals surface area contributed by atoms with Crippen LogP contribution in [0.25, 0.3) is 16.5 Å². The molecular formula is C22H22N4O2S. The number of aryl methyl sites for hydroxylation is 2. The number of ether oxygens (including phenoxy) is 1. The van der Waals surface area contributed by atoms with Crippen LogP contribution < -0.4 is 4.74 Å². The van der Waals surface area contributed by atoms with Gasteiger partial charge in [0.1, 0.15) is 12.4 Å². The highest BCUT2D eigenvalue weighted by Gasteiger charge is 2.15. The maximum atomic E-state index is 10.4. The average molecular weight is 407 g/mol. The Morgan fingerprint density at radius 3 is 2.55 bits per heavy atom. The summed E-state index contributed by atoms with van der Waals surface area (Å²) in [5, 5.41) is 25.3. The van der Waals surface area contributed by atoms with Crippen molar-refractivity contribution in [2.24, 2.45) is 0 Å². The number of thioether (sulfide) groups is 1. The third kappa shape index (κ3) is 4.41. The number of tetrazole rings is 1. The summed E-state index contributed by atoms with van der Waals surface area (Å²) in [6, 6.07) is 20.1. The van der Waals surface area contributed by atoms with Crippen molar-refractivity contribution in [2.45, 2.75) is 25.1 Å². The normalized spacial score (nSPS) is 12.2. The molecule has 4 rings (SSSR count). The van der Waals surface area contributed by atoms with E-state index >= 15 is 0 Å². The Labute approximate surface area is 173 Å². The van der Waals surface area contributed by atoms with Gasteiger partial charge in [-0.05, 0) is 58.3 Å². The molecule has 1 heterocycles. The van der Waals surface area contributed by atoms with Crippen LogP contribution in [0.4, 0.5) is 0 Å². The second kappa shape index (κ2) is 8.63. The summed E-state index contributed by atoms with van der Waals surface area (Å²) in [5.74, 6) is 1.17. The summed E-state index contributed by atoms with van der Waals surface area (Å²) >= 11 is 1.41. The second-order valence-corrected chi connectivity index (χ2v) is 7.89. The molecule has 0 saturated heterocycles. The monoisotopic (exact) mass is 406 g/mol. The van der Waals surface area contributed by atoms with E-state index in [-0.39, 0.29) is 6.61 Å². The molecule has 1 atom stereocenters. The molecule has 0 radical (unpaired) electrons. The van der Waals surface area contributed by atoms with Crippen molar-refractivity contribution in [1.29, 1.82) is 0 Å². The highest BCUT2D eigenvalue weighted by molar-refractivity contribution is 7.99. The van der Waals surface area contributed by atoms with Crippen LogP contribution in [-0.2, 0) is 0 Å². The van der Waals surface area contributed by atoms with Gasteiger partial charge < -0.3 is 9.84 Å². The van der Waals surface area contributed by atoms with Gasteiger partial charge in [0.15, 0.2) is 0 Å². The molecule has 148 valence electrons. The Morgan fingerprint density at radius 1 is 1.00 bits per heavy atom. The number of fused-ring (bicyclic) bond motifs is 1. The number of aliphatic hydroxyl groups excluding tert-OH is 1. The number of hydrogen-bond acceptors (Lipinski definition) is 6. The van der Waals surface area contributed by atoms with Crippen LogP contribution in [0.1, 0.15) is 11.1 Å². The Bertz CT molecular complexity index is 1110. The molecule has 0 amide bonds. The molecule has 0 aliphatic heterocycles.